The molecule has 0 saturated heterocycles. The zero-order chi connectivity index (χ0) is 14.8. The molecule has 0 aliphatic heterocycles. The van der Waals surface area contributed by atoms with Gasteiger partial charge in [0.15, 0.2) is 0 Å². The van der Waals surface area contributed by atoms with Crippen LogP contribution in [0.5, 0.6) is 11.5 Å². The fourth-order valence-electron chi connectivity index (χ4n) is 1.53. The van der Waals surface area contributed by atoms with Crippen LogP contribution in [0.1, 0.15) is 10.4 Å². The lowest BCUT2D eigenvalue weighted by atomic mass is 10.1. The number of carbonyl (C=O) groups is 1. The number of para-hydroxylation sites is 1. The number of halogens is 4. The lowest BCUT2D eigenvalue weighted by Gasteiger charge is -2.11. The molecular formula is C14H8ClF3O2. The average molecular weight is 301 g/mol. The van der Waals surface area contributed by atoms with Gasteiger partial charge in [-0.3, -0.25) is 4.79 Å². The summed E-state index contributed by atoms with van der Waals surface area (Å²) in [4.78, 5) is 11.3. The van der Waals surface area contributed by atoms with Crippen LogP contribution < -0.4 is 4.74 Å². The number of hydrogen-bond donors (Lipinski definition) is 0. The Morgan fingerprint density at radius 1 is 1.00 bits per heavy atom. The second-order valence-electron chi connectivity index (χ2n) is 3.88. The van der Waals surface area contributed by atoms with E-state index in [-0.39, 0.29) is 11.5 Å². The van der Waals surface area contributed by atoms with Crippen molar-refractivity contribution in [1.82, 2.24) is 0 Å². The van der Waals surface area contributed by atoms with Crippen molar-refractivity contribution in [2.24, 2.45) is 0 Å². The van der Waals surface area contributed by atoms with Crippen molar-refractivity contribution in [1.29, 1.82) is 0 Å². The van der Waals surface area contributed by atoms with E-state index >= 15 is 0 Å². The van der Waals surface area contributed by atoms with Crippen molar-refractivity contribution in [3.63, 3.8) is 0 Å². The molecule has 6 heteroatoms. The topological polar surface area (TPSA) is 26.3 Å². The molecule has 0 bridgehead atoms. The summed E-state index contributed by atoms with van der Waals surface area (Å²) < 4.78 is 42.8. The van der Waals surface area contributed by atoms with Crippen LogP contribution in [0.25, 0.3) is 0 Å². The molecular weight excluding hydrogens is 293 g/mol. The Bertz CT molecular complexity index is 621. The maximum absolute atomic E-state index is 12.5. The zero-order valence-corrected chi connectivity index (χ0v) is 10.7. The van der Waals surface area contributed by atoms with Crippen molar-refractivity contribution in [3.8, 4) is 11.5 Å². The first kappa shape index (κ1) is 14.4. The summed E-state index contributed by atoms with van der Waals surface area (Å²) in [6, 6.07) is 11.3. The van der Waals surface area contributed by atoms with E-state index < -0.39 is 17.5 Å². The van der Waals surface area contributed by atoms with Crippen LogP contribution >= 0.6 is 11.6 Å². The fourth-order valence-corrected chi connectivity index (χ4v) is 1.65. The van der Waals surface area contributed by atoms with Crippen molar-refractivity contribution in [2.75, 3.05) is 0 Å². The summed E-state index contributed by atoms with van der Waals surface area (Å²) in [7, 11) is 0. The molecule has 20 heavy (non-hydrogen) atoms. The minimum atomic E-state index is -4.94. The monoisotopic (exact) mass is 300 g/mol. The molecule has 0 N–H and O–H groups in total. The molecule has 2 aromatic rings. The van der Waals surface area contributed by atoms with Crippen LogP contribution in [0.2, 0.25) is 5.02 Å². The number of carbonyl (C=O) groups excluding carboxylic acids is 1. The van der Waals surface area contributed by atoms with Gasteiger partial charge in [0.25, 0.3) is 5.78 Å². The molecule has 0 spiro atoms. The average Bonchev–Trinajstić information content (AvgIpc) is 2.40. The number of benzene rings is 2. The quantitative estimate of drug-likeness (QED) is 0.755. The lowest BCUT2D eigenvalue weighted by molar-refractivity contribution is -0.0886. The first-order chi connectivity index (χ1) is 9.38. The molecule has 0 atom stereocenters. The van der Waals surface area contributed by atoms with Crippen LogP contribution in [-0.4, -0.2) is 12.0 Å². The standard InChI is InChI=1S/C14H8ClF3O2/c15-9-5-7-10(8-6-9)20-12-4-2-1-3-11(12)13(19)14(16,17)18/h1-8H. The van der Waals surface area contributed by atoms with E-state index in [4.69, 9.17) is 16.3 Å². The first-order valence-electron chi connectivity index (χ1n) is 5.52. The van der Waals surface area contributed by atoms with Gasteiger partial charge < -0.3 is 4.74 Å². The van der Waals surface area contributed by atoms with Gasteiger partial charge in [-0.05, 0) is 36.4 Å². The molecule has 104 valence electrons. The molecule has 0 aliphatic carbocycles. The third kappa shape index (κ3) is 3.30. The van der Waals surface area contributed by atoms with Gasteiger partial charge in [0.05, 0.1) is 5.56 Å². The molecule has 0 unspecified atom stereocenters. The number of hydrogen-bond acceptors (Lipinski definition) is 2. The first-order valence-corrected chi connectivity index (χ1v) is 5.89. The molecule has 0 heterocycles. The number of alkyl halides is 3. The Kier molecular flexibility index (Phi) is 3.99. The number of Topliss-reactive ketones (excluding diaryl/α,β-unsaturated/α-hetero) is 1. The van der Waals surface area contributed by atoms with Gasteiger partial charge in [0.2, 0.25) is 0 Å². The van der Waals surface area contributed by atoms with Gasteiger partial charge in [-0.25, -0.2) is 0 Å². The minimum absolute atomic E-state index is 0.155. The normalized spacial score (nSPS) is 11.2. The van der Waals surface area contributed by atoms with Crippen molar-refractivity contribution in [3.05, 3.63) is 59.1 Å². The van der Waals surface area contributed by atoms with E-state index in [0.29, 0.717) is 5.02 Å². The predicted octanol–water partition coefficient (Wildman–Crippen LogP) is 4.88. The van der Waals surface area contributed by atoms with E-state index in [1.165, 1.54) is 42.5 Å². The van der Waals surface area contributed by atoms with Crippen LogP contribution in [0.3, 0.4) is 0 Å². The Hall–Kier alpha value is -2.01. The Morgan fingerprint density at radius 2 is 1.60 bits per heavy atom. The largest absolute Gasteiger partial charge is 0.457 e. The maximum Gasteiger partial charge on any atom is 0.455 e. The third-order valence-corrected chi connectivity index (χ3v) is 2.68. The summed E-state index contributed by atoms with van der Waals surface area (Å²) in [5.41, 5.74) is -0.532. The smallest absolute Gasteiger partial charge is 0.455 e. The van der Waals surface area contributed by atoms with Gasteiger partial charge in [0, 0.05) is 5.02 Å². The van der Waals surface area contributed by atoms with Crippen molar-refractivity contribution in [2.45, 2.75) is 6.18 Å². The third-order valence-electron chi connectivity index (χ3n) is 2.43. The summed E-state index contributed by atoms with van der Waals surface area (Å²) in [6.45, 7) is 0. The molecule has 0 aliphatic rings. The molecule has 0 saturated carbocycles. The summed E-state index contributed by atoms with van der Waals surface area (Å²) in [6.07, 6.45) is -4.94. The highest BCUT2D eigenvalue weighted by atomic mass is 35.5. The predicted molar refractivity (Wildman–Crippen MR) is 68.4 cm³/mol. The zero-order valence-electron chi connectivity index (χ0n) is 9.95. The SMILES string of the molecule is O=C(c1ccccc1Oc1ccc(Cl)cc1)C(F)(F)F. The van der Waals surface area contributed by atoms with E-state index in [1.807, 2.05) is 0 Å². The van der Waals surface area contributed by atoms with E-state index in [2.05, 4.69) is 0 Å². The minimum Gasteiger partial charge on any atom is -0.457 e. The fraction of sp³-hybridized carbons (Fsp3) is 0.0714. The van der Waals surface area contributed by atoms with E-state index in [0.717, 1.165) is 6.07 Å². The maximum atomic E-state index is 12.5. The van der Waals surface area contributed by atoms with Gasteiger partial charge in [-0.2, -0.15) is 13.2 Å². The van der Waals surface area contributed by atoms with Crippen LogP contribution in [0, 0.1) is 0 Å². The molecule has 2 nitrogen and oxygen atoms in total. The summed E-state index contributed by atoms with van der Waals surface area (Å²) in [5, 5.41) is 0.469. The van der Waals surface area contributed by atoms with Gasteiger partial charge in [-0.1, -0.05) is 23.7 Å². The summed E-state index contributed by atoms with van der Waals surface area (Å²) >= 11 is 5.70. The van der Waals surface area contributed by atoms with Crippen LogP contribution in [-0.2, 0) is 0 Å². The van der Waals surface area contributed by atoms with Crippen LogP contribution in [0.15, 0.2) is 48.5 Å². The van der Waals surface area contributed by atoms with Crippen molar-refractivity contribution >= 4 is 17.4 Å². The highest BCUT2D eigenvalue weighted by molar-refractivity contribution is 6.30. The van der Waals surface area contributed by atoms with Crippen molar-refractivity contribution < 1.29 is 22.7 Å². The Morgan fingerprint density at radius 3 is 2.20 bits per heavy atom. The Balaban J connectivity index is 2.33. The molecule has 2 rings (SSSR count). The second kappa shape index (κ2) is 5.54. The molecule has 0 radical (unpaired) electrons. The Labute approximate surface area is 117 Å². The van der Waals surface area contributed by atoms with Gasteiger partial charge in [0.1, 0.15) is 11.5 Å². The number of ether oxygens (including phenoxy) is 1. The molecule has 0 aromatic heterocycles. The molecule has 0 amide bonds. The van der Waals surface area contributed by atoms with E-state index in [9.17, 15) is 18.0 Å². The molecule has 2 aromatic carbocycles. The summed E-state index contributed by atoms with van der Waals surface area (Å²) in [5.74, 6) is -1.81. The highest BCUT2D eigenvalue weighted by Gasteiger charge is 2.40. The second-order valence-corrected chi connectivity index (χ2v) is 4.32. The van der Waals surface area contributed by atoms with Crippen LogP contribution in [0.4, 0.5) is 13.2 Å². The number of rotatable bonds is 3. The molecule has 0 fully saturated rings. The lowest BCUT2D eigenvalue weighted by Crippen LogP contribution is -2.23. The van der Waals surface area contributed by atoms with Gasteiger partial charge >= 0.3 is 6.18 Å². The van der Waals surface area contributed by atoms with Gasteiger partial charge in [-0.15, -0.1) is 0 Å². The van der Waals surface area contributed by atoms with E-state index in [1.54, 1.807) is 0 Å². The highest BCUT2D eigenvalue weighted by Crippen LogP contribution is 2.31. The number of ketones is 1.